The van der Waals surface area contributed by atoms with Crippen molar-refractivity contribution in [3.63, 3.8) is 0 Å². The van der Waals surface area contributed by atoms with Crippen LogP contribution in [-0.4, -0.2) is 31.5 Å². The highest BCUT2D eigenvalue weighted by atomic mass is 127. The predicted octanol–water partition coefficient (Wildman–Crippen LogP) is 3.44. The van der Waals surface area contributed by atoms with Crippen LogP contribution in [-0.2, 0) is 4.79 Å². The van der Waals surface area contributed by atoms with Crippen molar-refractivity contribution in [3.05, 3.63) is 36.1 Å². The topological polar surface area (TPSA) is 78.7 Å². The average molecular weight is 472 g/mol. The van der Waals surface area contributed by atoms with Gasteiger partial charge < -0.3 is 20.4 Å². The van der Waals surface area contributed by atoms with Crippen LogP contribution in [0.2, 0.25) is 0 Å². The molecule has 0 aliphatic rings. The Morgan fingerprint density at radius 1 is 1.19 bits per heavy atom. The average Bonchev–Trinajstić information content (AvgIpc) is 3.02. The zero-order valence-corrected chi connectivity index (χ0v) is 18.2. The second-order valence-corrected chi connectivity index (χ2v) is 6.26. The zero-order chi connectivity index (χ0) is 18.2. The molecule has 7 heteroatoms. The first-order valence-electron chi connectivity index (χ1n) is 8.82. The third-order valence-corrected chi connectivity index (χ3v) is 3.77. The lowest BCUT2D eigenvalue weighted by molar-refractivity contribution is -0.123. The minimum Gasteiger partial charge on any atom is -0.459 e. The number of para-hydroxylation sites is 1. The van der Waals surface area contributed by atoms with E-state index in [4.69, 9.17) is 4.42 Å². The first kappa shape index (κ1) is 22.3. The molecule has 144 valence electrons. The fourth-order valence-electron chi connectivity index (χ4n) is 2.36. The number of hydrogen-bond acceptors (Lipinski definition) is 3. The van der Waals surface area contributed by atoms with E-state index < -0.39 is 0 Å². The van der Waals surface area contributed by atoms with Gasteiger partial charge >= 0.3 is 0 Å². The summed E-state index contributed by atoms with van der Waals surface area (Å²) in [7, 11) is 0. The summed E-state index contributed by atoms with van der Waals surface area (Å²) in [5.41, 5.74) is 0.879. The first-order chi connectivity index (χ1) is 12.0. The number of halogens is 1. The molecule has 2 aromatic rings. The summed E-state index contributed by atoms with van der Waals surface area (Å²) < 4.78 is 5.89. The third-order valence-electron chi connectivity index (χ3n) is 3.77. The van der Waals surface area contributed by atoms with Gasteiger partial charge in [-0.3, -0.25) is 9.79 Å². The van der Waals surface area contributed by atoms with Crippen molar-refractivity contribution < 1.29 is 9.21 Å². The fraction of sp³-hybridized carbons (Fsp3) is 0.474. The second kappa shape index (κ2) is 11.1. The summed E-state index contributed by atoms with van der Waals surface area (Å²) >= 11 is 0. The highest BCUT2D eigenvalue weighted by Gasteiger charge is 2.13. The molecular formula is C19H29IN4O2. The Labute approximate surface area is 172 Å². The normalized spacial score (nSPS) is 12.6. The van der Waals surface area contributed by atoms with E-state index in [0.29, 0.717) is 19.0 Å². The molecule has 26 heavy (non-hydrogen) atoms. The summed E-state index contributed by atoms with van der Waals surface area (Å²) in [4.78, 5) is 16.1. The van der Waals surface area contributed by atoms with Crippen molar-refractivity contribution in [3.8, 4) is 0 Å². The largest absolute Gasteiger partial charge is 0.459 e. The number of aliphatic imine (C=N–C) groups is 1. The summed E-state index contributed by atoms with van der Waals surface area (Å²) in [6.45, 7) is 9.59. The Bertz CT molecular complexity index is 694. The second-order valence-electron chi connectivity index (χ2n) is 6.26. The zero-order valence-electron chi connectivity index (χ0n) is 15.8. The summed E-state index contributed by atoms with van der Waals surface area (Å²) in [6.07, 6.45) is 0. The molecule has 0 radical (unpaired) electrons. The van der Waals surface area contributed by atoms with Crippen LogP contribution in [0.5, 0.6) is 0 Å². The van der Waals surface area contributed by atoms with Crippen molar-refractivity contribution in [2.75, 3.05) is 19.6 Å². The van der Waals surface area contributed by atoms with Gasteiger partial charge in [-0.25, -0.2) is 0 Å². The molecule has 1 atom stereocenters. The van der Waals surface area contributed by atoms with Gasteiger partial charge in [0, 0.05) is 24.4 Å². The smallest absolute Gasteiger partial charge is 0.222 e. The maximum Gasteiger partial charge on any atom is 0.222 e. The van der Waals surface area contributed by atoms with Gasteiger partial charge in [-0.05, 0) is 26.0 Å². The highest BCUT2D eigenvalue weighted by Crippen LogP contribution is 2.23. The number of benzene rings is 1. The number of amides is 1. The van der Waals surface area contributed by atoms with Crippen molar-refractivity contribution in [2.24, 2.45) is 10.9 Å². The molecule has 6 nitrogen and oxygen atoms in total. The van der Waals surface area contributed by atoms with E-state index in [9.17, 15) is 4.79 Å². The van der Waals surface area contributed by atoms with Gasteiger partial charge in [0.05, 0.1) is 12.6 Å². The van der Waals surface area contributed by atoms with E-state index in [1.54, 1.807) is 0 Å². The standard InChI is InChI=1S/C19H28N4O2.HI/c1-5-20-19(22-11-10-21-18(24)13(2)3)23-14(4)17-12-15-8-6-7-9-16(15)25-17;/h6-9,12-14H,5,10-11H2,1-4H3,(H,21,24)(H2,20,22,23);1H. The maximum atomic E-state index is 11.6. The van der Waals surface area contributed by atoms with Gasteiger partial charge in [0.1, 0.15) is 11.3 Å². The molecule has 0 aliphatic heterocycles. The predicted molar refractivity (Wildman–Crippen MR) is 117 cm³/mol. The lowest BCUT2D eigenvalue weighted by atomic mass is 10.2. The Morgan fingerprint density at radius 3 is 2.58 bits per heavy atom. The van der Waals surface area contributed by atoms with E-state index in [2.05, 4.69) is 20.9 Å². The van der Waals surface area contributed by atoms with Crippen LogP contribution in [0.4, 0.5) is 0 Å². The summed E-state index contributed by atoms with van der Waals surface area (Å²) in [5, 5.41) is 10.5. The molecule has 0 saturated carbocycles. The van der Waals surface area contributed by atoms with Crippen LogP contribution in [0.3, 0.4) is 0 Å². The van der Waals surface area contributed by atoms with Crippen molar-refractivity contribution in [2.45, 2.75) is 33.7 Å². The monoisotopic (exact) mass is 472 g/mol. The molecule has 0 saturated heterocycles. The van der Waals surface area contributed by atoms with E-state index in [-0.39, 0.29) is 41.8 Å². The van der Waals surface area contributed by atoms with Gasteiger partial charge in [0.2, 0.25) is 5.91 Å². The summed E-state index contributed by atoms with van der Waals surface area (Å²) in [6, 6.07) is 9.98. The minimum absolute atomic E-state index is 0. The number of carbonyl (C=O) groups is 1. The molecule has 1 amide bonds. The molecule has 0 fully saturated rings. The van der Waals surface area contributed by atoms with Crippen LogP contribution < -0.4 is 16.0 Å². The van der Waals surface area contributed by atoms with Crippen molar-refractivity contribution >= 4 is 46.8 Å². The van der Waals surface area contributed by atoms with Gasteiger partial charge in [-0.2, -0.15) is 0 Å². The molecule has 0 bridgehead atoms. The van der Waals surface area contributed by atoms with Gasteiger partial charge in [0.25, 0.3) is 0 Å². The Balaban J connectivity index is 0.00000338. The van der Waals surface area contributed by atoms with Gasteiger partial charge in [-0.1, -0.05) is 32.0 Å². The number of hydrogen-bond donors (Lipinski definition) is 3. The van der Waals surface area contributed by atoms with E-state index >= 15 is 0 Å². The first-order valence-corrected chi connectivity index (χ1v) is 8.82. The lowest BCUT2D eigenvalue weighted by Gasteiger charge is -2.16. The van der Waals surface area contributed by atoms with E-state index in [1.807, 2.05) is 58.0 Å². The molecule has 1 heterocycles. The van der Waals surface area contributed by atoms with Crippen LogP contribution >= 0.6 is 24.0 Å². The van der Waals surface area contributed by atoms with Crippen molar-refractivity contribution in [1.82, 2.24) is 16.0 Å². The summed E-state index contributed by atoms with van der Waals surface area (Å²) in [5.74, 6) is 1.60. The Kier molecular flexibility index (Phi) is 9.47. The molecule has 0 aliphatic carbocycles. The highest BCUT2D eigenvalue weighted by molar-refractivity contribution is 14.0. The molecule has 2 rings (SSSR count). The van der Waals surface area contributed by atoms with Crippen molar-refractivity contribution in [1.29, 1.82) is 0 Å². The number of nitrogens with zero attached hydrogens (tertiary/aromatic N) is 1. The van der Waals surface area contributed by atoms with Gasteiger partial charge in [0.15, 0.2) is 5.96 Å². The molecule has 1 aromatic carbocycles. The number of furan rings is 1. The van der Waals surface area contributed by atoms with Crippen LogP contribution in [0, 0.1) is 5.92 Å². The molecule has 3 N–H and O–H groups in total. The maximum absolute atomic E-state index is 11.6. The molecule has 0 spiro atoms. The van der Waals surface area contributed by atoms with E-state index in [0.717, 1.165) is 23.3 Å². The van der Waals surface area contributed by atoms with Crippen LogP contribution in [0.1, 0.15) is 39.5 Å². The minimum atomic E-state index is -0.0181. The fourth-order valence-corrected chi connectivity index (χ4v) is 2.36. The Morgan fingerprint density at radius 2 is 1.92 bits per heavy atom. The SMILES string of the molecule is CCNC(=NCCNC(=O)C(C)C)NC(C)c1cc2ccccc2o1.I. The van der Waals surface area contributed by atoms with Crippen LogP contribution in [0.15, 0.2) is 39.7 Å². The van der Waals surface area contributed by atoms with Crippen LogP contribution in [0.25, 0.3) is 11.0 Å². The van der Waals surface area contributed by atoms with E-state index in [1.165, 1.54) is 0 Å². The molecular weight excluding hydrogens is 443 g/mol. The number of fused-ring (bicyclic) bond motifs is 1. The quantitative estimate of drug-likeness (QED) is 0.250. The molecule has 1 unspecified atom stereocenters. The number of carbonyl (C=O) groups excluding carboxylic acids is 1. The number of rotatable bonds is 7. The van der Waals surface area contributed by atoms with Gasteiger partial charge in [-0.15, -0.1) is 24.0 Å². The Hall–Kier alpha value is -1.77. The number of nitrogens with one attached hydrogen (secondary N) is 3. The third kappa shape index (κ3) is 6.51. The lowest BCUT2D eigenvalue weighted by Crippen LogP contribution is -2.39. The molecule has 1 aromatic heterocycles. The number of guanidine groups is 1.